The molecule has 190 valence electrons. The number of benzene rings is 4. The molecule has 2 aliphatic heterocycles. The van der Waals surface area contributed by atoms with E-state index in [1.807, 2.05) is 73.7 Å². The molecule has 6 nitrogen and oxygen atoms in total. The Morgan fingerprint density at radius 2 is 1.21 bits per heavy atom. The number of rotatable bonds is 3. The highest BCUT2D eigenvalue weighted by molar-refractivity contribution is 6.37. The standard InChI is InChI=1S/C33H23NO5/c1-19-11-13-22(14-12-19)28-26-27(33(39-28)29(35)24-9-5-6-10-25(24)30(33)36)32(38)34(31(26)37)23-17-15-21(16-18-23)20-7-3-2-4-8-20/h2-18,26-28H,1H3/t26-,27-,28-/m1/s1. The number of ketones is 2. The number of amides is 2. The van der Waals surface area contributed by atoms with Crippen molar-refractivity contribution >= 4 is 29.1 Å². The minimum Gasteiger partial charge on any atom is -0.349 e. The summed E-state index contributed by atoms with van der Waals surface area (Å²) >= 11 is 0. The zero-order valence-electron chi connectivity index (χ0n) is 21.0. The van der Waals surface area contributed by atoms with E-state index in [0.717, 1.165) is 21.6 Å². The van der Waals surface area contributed by atoms with Gasteiger partial charge < -0.3 is 4.74 Å². The first-order chi connectivity index (χ1) is 18.9. The van der Waals surface area contributed by atoms with E-state index in [4.69, 9.17) is 4.74 Å². The molecule has 2 heterocycles. The number of hydrogen-bond donors (Lipinski definition) is 0. The third-order valence-corrected chi connectivity index (χ3v) is 8.16. The van der Waals surface area contributed by atoms with Gasteiger partial charge in [-0.15, -0.1) is 0 Å². The largest absolute Gasteiger partial charge is 0.349 e. The number of anilines is 1. The zero-order valence-corrected chi connectivity index (χ0v) is 21.0. The van der Waals surface area contributed by atoms with Gasteiger partial charge in [0.05, 0.1) is 23.6 Å². The normalized spacial score (nSPS) is 23.0. The quantitative estimate of drug-likeness (QED) is 0.272. The van der Waals surface area contributed by atoms with Crippen LogP contribution in [-0.4, -0.2) is 29.0 Å². The smallest absolute Gasteiger partial charge is 0.241 e. The van der Waals surface area contributed by atoms with Crippen LogP contribution < -0.4 is 4.90 Å². The first-order valence-corrected chi connectivity index (χ1v) is 12.9. The monoisotopic (exact) mass is 513 g/mol. The Balaban J connectivity index is 1.34. The van der Waals surface area contributed by atoms with E-state index in [1.54, 1.807) is 36.4 Å². The Morgan fingerprint density at radius 1 is 0.641 bits per heavy atom. The van der Waals surface area contributed by atoms with Gasteiger partial charge in [-0.3, -0.25) is 19.2 Å². The molecule has 3 aliphatic rings. The summed E-state index contributed by atoms with van der Waals surface area (Å²) in [7, 11) is 0. The lowest BCUT2D eigenvalue weighted by Gasteiger charge is -2.27. The van der Waals surface area contributed by atoms with Crippen LogP contribution in [0.3, 0.4) is 0 Å². The maximum Gasteiger partial charge on any atom is 0.241 e. The molecule has 3 atom stereocenters. The van der Waals surface area contributed by atoms with Gasteiger partial charge in [0, 0.05) is 11.1 Å². The zero-order chi connectivity index (χ0) is 26.9. The van der Waals surface area contributed by atoms with Crippen molar-refractivity contribution in [2.24, 2.45) is 11.8 Å². The summed E-state index contributed by atoms with van der Waals surface area (Å²) in [5, 5.41) is 0. The molecular weight excluding hydrogens is 490 g/mol. The predicted molar refractivity (Wildman–Crippen MR) is 144 cm³/mol. The average Bonchev–Trinajstić information content (AvgIpc) is 3.54. The number of hydrogen-bond acceptors (Lipinski definition) is 5. The minimum atomic E-state index is -2.07. The van der Waals surface area contributed by atoms with Crippen molar-refractivity contribution in [3.05, 3.63) is 125 Å². The van der Waals surface area contributed by atoms with Gasteiger partial charge in [-0.1, -0.05) is 96.6 Å². The maximum absolute atomic E-state index is 14.1. The molecular formula is C33H23NO5. The molecule has 2 amide bonds. The van der Waals surface area contributed by atoms with E-state index in [0.29, 0.717) is 11.3 Å². The maximum atomic E-state index is 14.1. The molecule has 4 aromatic rings. The molecule has 2 fully saturated rings. The summed E-state index contributed by atoms with van der Waals surface area (Å²) in [5.41, 5.74) is 2.36. The number of carbonyl (C=O) groups excluding carboxylic acids is 4. The summed E-state index contributed by atoms with van der Waals surface area (Å²) in [6, 6.07) is 30.8. The Bertz CT molecular complexity index is 1640. The van der Waals surface area contributed by atoms with Gasteiger partial charge in [-0.25, -0.2) is 4.90 Å². The molecule has 0 unspecified atom stereocenters. The third kappa shape index (κ3) is 3.18. The summed E-state index contributed by atoms with van der Waals surface area (Å²) < 4.78 is 6.34. The highest BCUT2D eigenvalue weighted by Gasteiger charge is 2.74. The lowest BCUT2D eigenvalue weighted by atomic mass is 9.77. The molecule has 0 N–H and O–H groups in total. The van der Waals surface area contributed by atoms with Crippen molar-refractivity contribution in [2.45, 2.75) is 18.6 Å². The van der Waals surface area contributed by atoms with Crippen molar-refractivity contribution in [1.82, 2.24) is 0 Å². The highest BCUT2D eigenvalue weighted by Crippen LogP contribution is 2.57. The van der Waals surface area contributed by atoms with E-state index < -0.39 is 46.9 Å². The summed E-state index contributed by atoms with van der Waals surface area (Å²) in [4.78, 5) is 57.0. The summed E-state index contributed by atoms with van der Waals surface area (Å²) in [6.07, 6.45) is -0.928. The average molecular weight is 514 g/mol. The van der Waals surface area contributed by atoms with Crippen molar-refractivity contribution < 1.29 is 23.9 Å². The van der Waals surface area contributed by atoms with Crippen LogP contribution >= 0.6 is 0 Å². The second-order valence-electron chi connectivity index (χ2n) is 10.3. The third-order valence-electron chi connectivity index (χ3n) is 8.16. The van der Waals surface area contributed by atoms with E-state index in [9.17, 15) is 19.2 Å². The number of Topliss-reactive ketones (excluding diaryl/α,β-unsaturated/α-hetero) is 2. The van der Waals surface area contributed by atoms with Gasteiger partial charge >= 0.3 is 0 Å². The number of ether oxygens (including phenoxy) is 1. The van der Waals surface area contributed by atoms with Crippen LogP contribution in [-0.2, 0) is 14.3 Å². The van der Waals surface area contributed by atoms with E-state index in [2.05, 4.69) is 0 Å². The first kappa shape index (κ1) is 23.4. The first-order valence-electron chi connectivity index (χ1n) is 12.9. The van der Waals surface area contributed by atoms with Crippen LogP contribution in [0.25, 0.3) is 11.1 Å². The van der Waals surface area contributed by atoms with Crippen LogP contribution in [0.1, 0.15) is 37.9 Å². The molecule has 7 rings (SSSR count). The lowest BCUT2D eigenvalue weighted by Crippen LogP contribution is -2.51. The Labute approximate surface area is 224 Å². The van der Waals surface area contributed by atoms with Gasteiger partial charge in [-0.2, -0.15) is 0 Å². The number of nitrogens with zero attached hydrogens (tertiary/aromatic N) is 1. The van der Waals surface area contributed by atoms with E-state index in [-0.39, 0.29) is 11.1 Å². The minimum absolute atomic E-state index is 0.219. The van der Waals surface area contributed by atoms with Crippen molar-refractivity contribution in [3.63, 3.8) is 0 Å². The topological polar surface area (TPSA) is 80.8 Å². The van der Waals surface area contributed by atoms with Crippen molar-refractivity contribution in [3.8, 4) is 11.1 Å². The predicted octanol–water partition coefficient (Wildman–Crippen LogP) is 5.36. The fourth-order valence-electron chi connectivity index (χ4n) is 6.26. The lowest BCUT2D eigenvalue weighted by molar-refractivity contribution is -0.127. The van der Waals surface area contributed by atoms with Crippen LogP contribution in [0, 0.1) is 18.8 Å². The van der Waals surface area contributed by atoms with Crippen LogP contribution in [0.15, 0.2) is 103 Å². The molecule has 1 aliphatic carbocycles. The molecule has 1 spiro atoms. The molecule has 0 bridgehead atoms. The number of imide groups is 1. The highest BCUT2D eigenvalue weighted by atomic mass is 16.5. The Kier molecular flexibility index (Phi) is 5.06. The second kappa shape index (κ2) is 8.41. The molecule has 2 saturated heterocycles. The van der Waals surface area contributed by atoms with Crippen LogP contribution in [0.5, 0.6) is 0 Å². The van der Waals surface area contributed by atoms with Crippen molar-refractivity contribution in [2.75, 3.05) is 4.90 Å². The number of aryl methyl sites for hydroxylation is 1. The van der Waals surface area contributed by atoms with Gasteiger partial charge in [-0.05, 0) is 35.7 Å². The fraction of sp³-hybridized carbons (Fsp3) is 0.152. The fourth-order valence-corrected chi connectivity index (χ4v) is 6.26. The molecule has 4 aromatic carbocycles. The van der Waals surface area contributed by atoms with Crippen LogP contribution in [0.2, 0.25) is 0 Å². The number of fused-ring (bicyclic) bond motifs is 3. The summed E-state index contributed by atoms with van der Waals surface area (Å²) in [5.74, 6) is -4.47. The molecule has 0 radical (unpaired) electrons. The second-order valence-corrected chi connectivity index (χ2v) is 10.3. The Morgan fingerprint density at radius 3 is 1.82 bits per heavy atom. The molecule has 39 heavy (non-hydrogen) atoms. The van der Waals surface area contributed by atoms with Gasteiger partial charge in [0.15, 0.2) is 0 Å². The number of carbonyl (C=O) groups is 4. The molecule has 0 aromatic heterocycles. The van der Waals surface area contributed by atoms with Gasteiger partial charge in [0.1, 0.15) is 0 Å². The van der Waals surface area contributed by atoms with Crippen LogP contribution in [0.4, 0.5) is 5.69 Å². The SMILES string of the molecule is Cc1ccc([C@H]2OC3(C(=O)c4ccccc4C3=O)[C@H]3C(=O)N(c4ccc(-c5ccccc5)cc4)C(=O)[C@@H]23)cc1. The van der Waals surface area contributed by atoms with E-state index in [1.165, 1.54) is 0 Å². The Hall–Kier alpha value is -4.68. The summed E-state index contributed by atoms with van der Waals surface area (Å²) in [6.45, 7) is 1.94. The molecule has 6 heteroatoms. The van der Waals surface area contributed by atoms with Gasteiger partial charge in [0.25, 0.3) is 0 Å². The van der Waals surface area contributed by atoms with Crippen molar-refractivity contribution in [1.29, 1.82) is 0 Å². The van der Waals surface area contributed by atoms with Gasteiger partial charge in [0.2, 0.25) is 29.0 Å². The van der Waals surface area contributed by atoms with E-state index >= 15 is 0 Å². The molecule has 0 saturated carbocycles.